The Kier molecular flexibility index (Phi) is 4.38. The van der Waals surface area contributed by atoms with Crippen molar-refractivity contribution in [3.63, 3.8) is 0 Å². The van der Waals surface area contributed by atoms with Crippen LogP contribution in [0.15, 0.2) is 41.0 Å². The number of nitrogens with one attached hydrogen (secondary N) is 3. The molecular formula is C19H21N3O4. The summed E-state index contributed by atoms with van der Waals surface area (Å²) >= 11 is 0. The first kappa shape index (κ1) is 16.7. The predicted molar refractivity (Wildman–Crippen MR) is 95.3 cm³/mol. The van der Waals surface area contributed by atoms with Crippen molar-refractivity contribution in [2.45, 2.75) is 44.3 Å². The number of furan rings is 1. The molecule has 1 aromatic carbocycles. The van der Waals surface area contributed by atoms with Gasteiger partial charge in [0.05, 0.1) is 5.69 Å². The number of benzene rings is 1. The van der Waals surface area contributed by atoms with E-state index in [4.69, 9.17) is 9.15 Å². The maximum absolute atomic E-state index is 12.4. The third-order valence-electron chi connectivity index (χ3n) is 4.85. The monoisotopic (exact) mass is 355 g/mol. The van der Waals surface area contributed by atoms with Gasteiger partial charge >= 0.3 is 0 Å². The Bertz CT molecular complexity index is 814. The maximum atomic E-state index is 12.4. The van der Waals surface area contributed by atoms with E-state index in [0.29, 0.717) is 29.1 Å². The maximum Gasteiger partial charge on any atom is 0.291 e. The fourth-order valence-corrected chi connectivity index (χ4v) is 3.66. The number of amides is 2. The lowest BCUT2D eigenvalue weighted by atomic mass is 9.95. The Balaban J connectivity index is 1.35. The molecule has 7 nitrogen and oxygen atoms in total. The highest BCUT2D eigenvalue weighted by Crippen LogP contribution is 2.29. The average Bonchev–Trinajstić information content (AvgIpc) is 3.32. The second-order valence-electron chi connectivity index (χ2n) is 6.83. The van der Waals surface area contributed by atoms with Gasteiger partial charge < -0.3 is 25.1 Å². The Morgan fingerprint density at radius 3 is 2.69 bits per heavy atom. The van der Waals surface area contributed by atoms with Crippen molar-refractivity contribution in [3.05, 3.63) is 42.2 Å². The van der Waals surface area contributed by atoms with Crippen LogP contribution in [0.3, 0.4) is 0 Å². The van der Waals surface area contributed by atoms with Crippen LogP contribution in [0.1, 0.15) is 36.5 Å². The molecule has 0 radical (unpaired) electrons. The van der Waals surface area contributed by atoms with Gasteiger partial charge in [-0.15, -0.1) is 0 Å². The van der Waals surface area contributed by atoms with E-state index in [2.05, 4.69) is 16.0 Å². The van der Waals surface area contributed by atoms with Crippen molar-refractivity contribution in [2.24, 2.45) is 0 Å². The Morgan fingerprint density at radius 1 is 1.23 bits per heavy atom. The lowest BCUT2D eigenvalue weighted by Gasteiger charge is -2.21. The molecule has 4 rings (SSSR count). The third-order valence-corrected chi connectivity index (χ3v) is 4.85. The number of ether oxygens (including phenoxy) is 1. The predicted octanol–water partition coefficient (Wildman–Crippen LogP) is 2.65. The molecule has 2 amide bonds. The number of carbonyl (C=O) groups excluding carboxylic acids is 2. The van der Waals surface area contributed by atoms with Gasteiger partial charge in [0.15, 0.2) is 0 Å². The quantitative estimate of drug-likeness (QED) is 0.767. The van der Waals surface area contributed by atoms with E-state index in [1.165, 1.54) is 19.6 Å². The van der Waals surface area contributed by atoms with Crippen LogP contribution in [-0.2, 0) is 4.79 Å². The Hall–Kier alpha value is -2.80. The van der Waals surface area contributed by atoms with Gasteiger partial charge in [-0.25, -0.2) is 0 Å². The molecule has 0 aliphatic carbocycles. The summed E-state index contributed by atoms with van der Waals surface area (Å²) < 4.78 is 10.8. The van der Waals surface area contributed by atoms with Crippen molar-refractivity contribution < 1.29 is 18.7 Å². The van der Waals surface area contributed by atoms with Gasteiger partial charge in [-0.3, -0.25) is 9.59 Å². The molecule has 2 bridgehead atoms. The zero-order chi connectivity index (χ0) is 18.1. The number of rotatable bonds is 5. The van der Waals surface area contributed by atoms with Crippen LogP contribution in [-0.4, -0.2) is 29.9 Å². The molecule has 136 valence electrons. The lowest BCUT2D eigenvalue weighted by Crippen LogP contribution is -2.42. The molecule has 2 saturated heterocycles. The van der Waals surface area contributed by atoms with Crippen LogP contribution in [0.4, 0.5) is 5.69 Å². The summed E-state index contributed by atoms with van der Waals surface area (Å²) in [6, 6.07) is 9.65. The summed E-state index contributed by atoms with van der Waals surface area (Å²) in [5.41, 5.74) is 1.13. The highest BCUT2D eigenvalue weighted by molar-refractivity contribution is 5.94. The van der Waals surface area contributed by atoms with E-state index < -0.39 is 0 Å². The van der Waals surface area contributed by atoms with Crippen LogP contribution in [0.25, 0.3) is 0 Å². The van der Waals surface area contributed by atoms with Crippen LogP contribution < -0.4 is 20.7 Å². The van der Waals surface area contributed by atoms with Gasteiger partial charge in [0.2, 0.25) is 5.91 Å². The molecule has 3 unspecified atom stereocenters. The smallest absolute Gasteiger partial charge is 0.291 e. The number of hydrogen-bond acceptors (Lipinski definition) is 5. The molecule has 0 saturated carbocycles. The van der Waals surface area contributed by atoms with Gasteiger partial charge in [-0.1, -0.05) is 0 Å². The fraction of sp³-hybridized carbons (Fsp3) is 0.368. The van der Waals surface area contributed by atoms with E-state index in [0.717, 1.165) is 12.8 Å². The average molecular weight is 355 g/mol. The van der Waals surface area contributed by atoms with Gasteiger partial charge in [-0.2, -0.15) is 0 Å². The molecular weight excluding hydrogens is 334 g/mol. The molecule has 7 heteroatoms. The first-order valence-electron chi connectivity index (χ1n) is 8.78. The van der Waals surface area contributed by atoms with Crippen molar-refractivity contribution in [2.75, 3.05) is 5.32 Å². The fourth-order valence-electron chi connectivity index (χ4n) is 3.66. The molecule has 3 heterocycles. The lowest BCUT2D eigenvalue weighted by molar-refractivity contribution is -0.114. The molecule has 2 aromatic rings. The molecule has 3 N–H and O–H groups in total. The van der Waals surface area contributed by atoms with Gasteiger partial charge in [-0.05, 0) is 43.5 Å². The van der Waals surface area contributed by atoms with Gasteiger partial charge in [0.25, 0.3) is 11.9 Å². The zero-order valence-corrected chi connectivity index (χ0v) is 14.5. The summed E-state index contributed by atoms with van der Waals surface area (Å²) in [5, 5.41) is 9.24. The molecule has 2 aliphatic rings. The van der Waals surface area contributed by atoms with E-state index in [1.54, 1.807) is 30.3 Å². The third kappa shape index (κ3) is 3.57. The molecule has 3 atom stereocenters. The van der Waals surface area contributed by atoms with Crippen molar-refractivity contribution >= 4 is 17.5 Å². The second-order valence-corrected chi connectivity index (χ2v) is 6.83. The summed E-state index contributed by atoms with van der Waals surface area (Å²) in [7, 11) is 0. The number of anilines is 1. The minimum absolute atomic E-state index is 0.0677. The molecule has 0 spiro atoms. The molecule has 26 heavy (non-hydrogen) atoms. The Labute approximate surface area is 151 Å². The topological polar surface area (TPSA) is 92.6 Å². The summed E-state index contributed by atoms with van der Waals surface area (Å²) in [4.78, 5) is 23.4. The highest BCUT2D eigenvalue weighted by atomic mass is 16.6. The van der Waals surface area contributed by atoms with Gasteiger partial charge in [0, 0.05) is 36.7 Å². The number of hydrogen-bond donors (Lipinski definition) is 3. The van der Waals surface area contributed by atoms with E-state index in [1.807, 2.05) is 0 Å². The van der Waals surface area contributed by atoms with Gasteiger partial charge in [0.1, 0.15) is 12.0 Å². The van der Waals surface area contributed by atoms with E-state index in [-0.39, 0.29) is 23.8 Å². The first-order chi connectivity index (χ1) is 12.6. The molecule has 2 aliphatic heterocycles. The largest absolute Gasteiger partial charge is 0.432 e. The summed E-state index contributed by atoms with van der Waals surface area (Å²) in [6.07, 6.45) is 4.75. The Morgan fingerprint density at radius 2 is 2.04 bits per heavy atom. The van der Waals surface area contributed by atoms with Crippen LogP contribution in [0.5, 0.6) is 11.7 Å². The number of carbonyl (C=O) groups is 2. The van der Waals surface area contributed by atoms with E-state index >= 15 is 0 Å². The molecule has 2 fully saturated rings. The van der Waals surface area contributed by atoms with Crippen molar-refractivity contribution in [3.8, 4) is 11.7 Å². The SMILES string of the molecule is CC(=O)Nc1coc(Oc2ccc(C(=O)NC3CC4CCC3N4)cc2)c1. The highest BCUT2D eigenvalue weighted by Gasteiger charge is 2.39. The van der Waals surface area contributed by atoms with Crippen LogP contribution in [0.2, 0.25) is 0 Å². The number of fused-ring (bicyclic) bond motifs is 2. The summed E-state index contributed by atoms with van der Waals surface area (Å²) in [6.45, 7) is 1.42. The van der Waals surface area contributed by atoms with Crippen molar-refractivity contribution in [1.29, 1.82) is 0 Å². The standard InChI is InChI=1S/C19H21N3O4/c1-11(23)20-14-9-18(25-10-14)26-15-5-2-12(3-6-15)19(24)22-17-8-13-4-7-16(17)21-13/h2-3,5-6,9-10,13,16-17,21H,4,7-8H2,1H3,(H,20,23)(H,22,24). The molecule has 1 aromatic heterocycles. The summed E-state index contributed by atoms with van der Waals surface area (Å²) in [5.74, 6) is 0.561. The normalized spacial score (nSPS) is 23.7. The van der Waals surface area contributed by atoms with Crippen molar-refractivity contribution in [1.82, 2.24) is 10.6 Å². The van der Waals surface area contributed by atoms with E-state index in [9.17, 15) is 9.59 Å². The minimum atomic E-state index is -0.182. The second kappa shape index (κ2) is 6.84. The minimum Gasteiger partial charge on any atom is -0.432 e. The first-order valence-corrected chi connectivity index (χ1v) is 8.78. The zero-order valence-electron chi connectivity index (χ0n) is 14.5. The van der Waals surface area contributed by atoms with Crippen LogP contribution in [0, 0.1) is 0 Å². The van der Waals surface area contributed by atoms with Crippen LogP contribution >= 0.6 is 0 Å².